The maximum absolute atomic E-state index is 4.72. The molecule has 0 aliphatic carbocycles. The molecule has 0 radical (unpaired) electrons. The van der Waals surface area contributed by atoms with Crippen LogP contribution >= 0.6 is 15.9 Å². The number of halogens is 1. The number of aromatic nitrogens is 4. The first-order valence-electron chi connectivity index (χ1n) is 7.24. The lowest BCUT2D eigenvalue weighted by atomic mass is 10.2. The second-order valence-corrected chi connectivity index (χ2v) is 6.18. The Hall–Kier alpha value is -1.27. The van der Waals surface area contributed by atoms with Gasteiger partial charge in [0.1, 0.15) is 11.5 Å². The molecule has 0 saturated carbocycles. The molecule has 2 aromatic heterocycles. The van der Waals surface area contributed by atoms with Crippen LogP contribution in [-0.2, 0) is 6.54 Å². The van der Waals surface area contributed by atoms with Crippen LogP contribution in [0.1, 0.15) is 49.6 Å². The van der Waals surface area contributed by atoms with Gasteiger partial charge in [0.15, 0.2) is 0 Å². The minimum atomic E-state index is 0.312. The Labute approximate surface area is 134 Å². The Morgan fingerprint density at radius 3 is 2.57 bits per heavy atom. The van der Waals surface area contributed by atoms with Gasteiger partial charge in [-0.2, -0.15) is 5.10 Å². The van der Waals surface area contributed by atoms with E-state index in [0.29, 0.717) is 12.5 Å². The summed E-state index contributed by atoms with van der Waals surface area (Å²) in [5, 5.41) is 7.92. The molecule has 0 aromatic carbocycles. The van der Waals surface area contributed by atoms with E-state index in [1.165, 1.54) is 0 Å². The van der Waals surface area contributed by atoms with Crippen molar-refractivity contribution in [3.8, 4) is 5.69 Å². The summed E-state index contributed by atoms with van der Waals surface area (Å²) in [6.45, 7) is 11.9. The number of nitrogens with zero attached hydrogens (tertiary/aromatic N) is 4. The summed E-state index contributed by atoms with van der Waals surface area (Å²) in [4.78, 5) is 9.20. The molecule has 0 aliphatic heterocycles. The van der Waals surface area contributed by atoms with Crippen molar-refractivity contribution in [2.75, 3.05) is 6.54 Å². The van der Waals surface area contributed by atoms with Gasteiger partial charge in [-0.25, -0.2) is 14.6 Å². The van der Waals surface area contributed by atoms with Gasteiger partial charge in [0.25, 0.3) is 0 Å². The van der Waals surface area contributed by atoms with Crippen LogP contribution in [0.4, 0.5) is 0 Å². The van der Waals surface area contributed by atoms with Gasteiger partial charge in [-0.3, -0.25) is 0 Å². The third-order valence-corrected chi connectivity index (χ3v) is 4.50. The number of hydrogen-bond donors (Lipinski definition) is 1. The van der Waals surface area contributed by atoms with Gasteiger partial charge in [-0.15, -0.1) is 0 Å². The normalized spacial score (nSPS) is 11.4. The standard InChI is InChI=1S/C15H22BrN5/c1-6-17-7-12-13(8-18-15(19-12)9(2)3)21-11(5)14(16)10(4)20-21/h8-9,17H,6-7H2,1-5H3. The largest absolute Gasteiger partial charge is 0.311 e. The summed E-state index contributed by atoms with van der Waals surface area (Å²) in [7, 11) is 0. The van der Waals surface area contributed by atoms with Crippen LogP contribution in [0.3, 0.4) is 0 Å². The number of aryl methyl sites for hydroxylation is 1. The number of rotatable bonds is 5. The maximum atomic E-state index is 4.72. The summed E-state index contributed by atoms with van der Waals surface area (Å²) in [6.07, 6.45) is 1.88. The van der Waals surface area contributed by atoms with Crippen molar-refractivity contribution in [1.82, 2.24) is 25.1 Å². The Kier molecular flexibility index (Phi) is 5.11. The highest BCUT2D eigenvalue weighted by Crippen LogP contribution is 2.24. The number of nitrogens with one attached hydrogen (secondary N) is 1. The first kappa shape index (κ1) is 16.1. The fourth-order valence-corrected chi connectivity index (χ4v) is 2.36. The Bertz CT molecular complexity index is 633. The molecule has 0 aliphatic rings. The molecule has 5 nitrogen and oxygen atoms in total. The summed E-state index contributed by atoms with van der Waals surface area (Å²) >= 11 is 3.57. The van der Waals surface area contributed by atoms with Crippen LogP contribution in [0.25, 0.3) is 5.69 Å². The van der Waals surface area contributed by atoms with E-state index < -0.39 is 0 Å². The van der Waals surface area contributed by atoms with E-state index >= 15 is 0 Å². The summed E-state index contributed by atoms with van der Waals surface area (Å²) in [6, 6.07) is 0. The van der Waals surface area contributed by atoms with Crippen molar-refractivity contribution in [3.05, 3.63) is 33.6 Å². The molecule has 0 atom stereocenters. The number of hydrogen-bond acceptors (Lipinski definition) is 4. The fraction of sp³-hybridized carbons (Fsp3) is 0.533. The average Bonchev–Trinajstić information content (AvgIpc) is 2.72. The lowest BCUT2D eigenvalue weighted by Crippen LogP contribution is -2.18. The zero-order valence-electron chi connectivity index (χ0n) is 13.2. The molecule has 2 heterocycles. The molecule has 0 fully saturated rings. The Morgan fingerprint density at radius 2 is 2.05 bits per heavy atom. The molecular weight excluding hydrogens is 330 g/mol. The molecule has 1 N–H and O–H groups in total. The topological polar surface area (TPSA) is 55.6 Å². The van der Waals surface area contributed by atoms with Gasteiger partial charge in [-0.05, 0) is 36.3 Å². The minimum absolute atomic E-state index is 0.312. The van der Waals surface area contributed by atoms with Gasteiger partial charge in [-0.1, -0.05) is 20.8 Å². The van der Waals surface area contributed by atoms with Crippen molar-refractivity contribution in [2.45, 2.75) is 47.1 Å². The molecule has 0 saturated heterocycles. The first-order valence-corrected chi connectivity index (χ1v) is 8.03. The molecule has 0 amide bonds. The van der Waals surface area contributed by atoms with E-state index in [-0.39, 0.29) is 0 Å². The Balaban J connectivity index is 2.53. The molecular formula is C15H22BrN5. The lowest BCUT2D eigenvalue weighted by molar-refractivity contribution is 0.670. The monoisotopic (exact) mass is 351 g/mol. The van der Waals surface area contributed by atoms with Crippen LogP contribution in [-0.4, -0.2) is 26.3 Å². The smallest absolute Gasteiger partial charge is 0.131 e. The van der Waals surface area contributed by atoms with Crippen LogP contribution in [0, 0.1) is 13.8 Å². The highest BCUT2D eigenvalue weighted by molar-refractivity contribution is 9.10. The van der Waals surface area contributed by atoms with Gasteiger partial charge < -0.3 is 5.32 Å². The average molecular weight is 352 g/mol. The zero-order valence-corrected chi connectivity index (χ0v) is 14.8. The Morgan fingerprint density at radius 1 is 1.33 bits per heavy atom. The highest BCUT2D eigenvalue weighted by atomic mass is 79.9. The van der Waals surface area contributed by atoms with E-state index in [1.807, 2.05) is 24.7 Å². The van der Waals surface area contributed by atoms with E-state index in [9.17, 15) is 0 Å². The van der Waals surface area contributed by atoms with E-state index in [2.05, 4.69) is 52.1 Å². The summed E-state index contributed by atoms with van der Waals surface area (Å²) < 4.78 is 2.95. The summed E-state index contributed by atoms with van der Waals surface area (Å²) in [5.41, 5.74) is 3.95. The van der Waals surface area contributed by atoms with Gasteiger partial charge in [0.2, 0.25) is 0 Å². The van der Waals surface area contributed by atoms with Crippen LogP contribution in [0.2, 0.25) is 0 Å². The maximum Gasteiger partial charge on any atom is 0.131 e. The van der Waals surface area contributed by atoms with E-state index in [1.54, 1.807) is 0 Å². The first-order chi connectivity index (χ1) is 9.95. The van der Waals surface area contributed by atoms with Crippen LogP contribution < -0.4 is 5.32 Å². The van der Waals surface area contributed by atoms with Crippen molar-refractivity contribution >= 4 is 15.9 Å². The molecule has 21 heavy (non-hydrogen) atoms. The molecule has 6 heteroatoms. The third kappa shape index (κ3) is 3.32. The van der Waals surface area contributed by atoms with Crippen molar-refractivity contribution in [2.24, 2.45) is 0 Å². The van der Waals surface area contributed by atoms with Crippen LogP contribution in [0.5, 0.6) is 0 Å². The van der Waals surface area contributed by atoms with E-state index in [4.69, 9.17) is 4.98 Å². The molecule has 0 unspecified atom stereocenters. The van der Waals surface area contributed by atoms with Crippen molar-refractivity contribution in [3.63, 3.8) is 0 Å². The predicted octanol–water partition coefficient (Wildman–Crippen LogP) is 3.27. The molecule has 2 aromatic rings. The van der Waals surface area contributed by atoms with Gasteiger partial charge in [0, 0.05) is 12.5 Å². The molecule has 2 rings (SSSR count). The molecule has 114 valence electrons. The second-order valence-electron chi connectivity index (χ2n) is 5.39. The molecule has 0 spiro atoms. The zero-order chi connectivity index (χ0) is 15.6. The van der Waals surface area contributed by atoms with Crippen molar-refractivity contribution < 1.29 is 0 Å². The van der Waals surface area contributed by atoms with Gasteiger partial charge >= 0.3 is 0 Å². The molecule has 0 bridgehead atoms. The predicted molar refractivity (Wildman–Crippen MR) is 87.8 cm³/mol. The summed E-state index contributed by atoms with van der Waals surface area (Å²) in [5.74, 6) is 1.18. The highest BCUT2D eigenvalue weighted by Gasteiger charge is 2.16. The minimum Gasteiger partial charge on any atom is -0.311 e. The fourth-order valence-electron chi connectivity index (χ4n) is 2.11. The second kappa shape index (κ2) is 6.66. The third-order valence-electron chi connectivity index (χ3n) is 3.35. The quantitative estimate of drug-likeness (QED) is 0.897. The SMILES string of the molecule is CCNCc1nc(C(C)C)ncc1-n1nc(C)c(Br)c1C. The van der Waals surface area contributed by atoms with Crippen LogP contribution in [0.15, 0.2) is 10.7 Å². The van der Waals surface area contributed by atoms with Gasteiger partial charge in [0.05, 0.1) is 27.8 Å². The van der Waals surface area contributed by atoms with Crippen molar-refractivity contribution in [1.29, 1.82) is 0 Å². The lowest BCUT2D eigenvalue weighted by Gasteiger charge is -2.13. The van der Waals surface area contributed by atoms with E-state index in [0.717, 1.165) is 39.6 Å².